The Labute approximate surface area is 208 Å². The van der Waals surface area contributed by atoms with Crippen molar-refractivity contribution in [2.24, 2.45) is 0 Å². The van der Waals surface area contributed by atoms with Crippen LogP contribution < -0.4 is 9.64 Å². The number of anilines is 1. The van der Waals surface area contributed by atoms with Gasteiger partial charge in [-0.3, -0.25) is 4.79 Å². The van der Waals surface area contributed by atoms with E-state index in [0.717, 1.165) is 16.4 Å². The summed E-state index contributed by atoms with van der Waals surface area (Å²) in [6.07, 6.45) is -4.69. The van der Waals surface area contributed by atoms with E-state index in [9.17, 15) is 18.0 Å². The maximum Gasteiger partial charge on any atom is 0.435 e. The van der Waals surface area contributed by atoms with Gasteiger partial charge in [0, 0.05) is 32.2 Å². The van der Waals surface area contributed by atoms with E-state index in [1.165, 1.54) is 12.1 Å². The number of alkyl halides is 3. The fourth-order valence-corrected chi connectivity index (χ4v) is 4.19. The zero-order valence-electron chi connectivity index (χ0n) is 17.5. The fourth-order valence-electron chi connectivity index (χ4n) is 3.56. The standard InChI is InChI=1S/C22H18Cl3F3N4O2/c23-14-4-1-2-6-16(14)32-20(12-18(29-32)22(26,27)28)34-13-19(33)31-10-8-30(9-11-31)17-7-3-5-15(24)21(17)25/h1-7,12H,8-11,13H2. The predicted molar refractivity (Wildman–Crippen MR) is 124 cm³/mol. The minimum Gasteiger partial charge on any atom is -0.467 e. The largest absolute Gasteiger partial charge is 0.467 e. The van der Waals surface area contributed by atoms with Crippen molar-refractivity contribution < 1.29 is 22.7 Å². The number of piperazine rings is 1. The van der Waals surface area contributed by atoms with Crippen LogP contribution in [0.1, 0.15) is 5.69 Å². The second kappa shape index (κ2) is 9.93. The number of ether oxygens (including phenoxy) is 1. The molecule has 34 heavy (non-hydrogen) atoms. The number of nitrogens with zero attached hydrogens (tertiary/aromatic N) is 4. The summed E-state index contributed by atoms with van der Waals surface area (Å²) in [6, 6.07) is 12.4. The van der Waals surface area contributed by atoms with E-state index in [1.54, 1.807) is 29.2 Å². The van der Waals surface area contributed by atoms with Gasteiger partial charge < -0.3 is 14.5 Å². The molecule has 12 heteroatoms. The van der Waals surface area contributed by atoms with Crippen LogP contribution in [0.25, 0.3) is 5.69 Å². The Bertz CT molecular complexity index is 1190. The summed E-state index contributed by atoms with van der Waals surface area (Å²) in [5.41, 5.74) is -0.170. The van der Waals surface area contributed by atoms with Gasteiger partial charge in [0.2, 0.25) is 5.88 Å². The summed E-state index contributed by atoms with van der Waals surface area (Å²) in [7, 11) is 0. The minimum atomic E-state index is -4.69. The zero-order valence-corrected chi connectivity index (χ0v) is 19.8. The fraction of sp³-hybridized carbons (Fsp3) is 0.273. The number of para-hydroxylation sites is 1. The Kier molecular flexibility index (Phi) is 7.16. The average molecular weight is 534 g/mol. The molecule has 1 amide bonds. The Balaban J connectivity index is 1.44. The van der Waals surface area contributed by atoms with Gasteiger partial charge in [-0.15, -0.1) is 0 Å². The number of aromatic nitrogens is 2. The van der Waals surface area contributed by atoms with Crippen molar-refractivity contribution in [2.75, 3.05) is 37.7 Å². The van der Waals surface area contributed by atoms with E-state index in [1.807, 2.05) is 11.0 Å². The molecule has 180 valence electrons. The van der Waals surface area contributed by atoms with E-state index < -0.39 is 18.5 Å². The molecular weight excluding hydrogens is 516 g/mol. The molecule has 0 aliphatic carbocycles. The molecule has 0 unspecified atom stereocenters. The maximum atomic E-state index is 13.3. The van der Waals surface area contributed by atoms with Crippen LogP contribution in [0.2, 0.25) is 15.1 Å². The molecule has 4 rings (SSSR count). The lowest BCUT2D eigenvalue weighted by molar-refractivity contribution is -0.141. The molecule has 1 saturated heterocycles. The summed E-state index contributed by atoms with van der Waals surface area (Å²) in [5.74, 6) is -0.601. The smallest absolute Gasteiger partial charge is 0.435 e. The first-order chi connectivity index (χ1) is 16.1. The molecule has 0 N–H and O–H groups in total. The van der Waals surface area contributed by atoms with Crippen LogP contribution >= 0.6 is 34.8 Å². The van der Waals surface area contributed by atoms with Gasteiger partial charge in [-0.1, -0.05) is 53.0 Å². The molecule has 1 fully saturated rings. The summed E-state index contributed by atoms with van der Waals surface area (Å²) in [4.78, 5) is 16.3. The number of hydrogen-bond acceptors (Lipinski definition) is 4. The molecule has 1 aromatic heterocycles. The van der Waals surface area contributed by atoms with Crippen molar-refractivity contribution in [3.05, 3.63) is 69.3 Å². The number of benzene rings is 2. The molecule has 0 atom stereocenters. The van der Waals surface area contributed by atoms with Crippen molar-refractivity contribution >= 4 is 46.4 Å². The lowest BCUT2D eigenvalue weighted by Gasteiger charge is -2.36. The Morgan fingerprint density at radius 3 is 2.26 bits per heavy atom. The number of amides is 1. The monoisotopic (exact) mass is 532 g/mol. The van der Waals surface area contributed by atoms with Crippen LogP contribution in [0.15, 0.2) is 48.5 Å². The molecule has 3 aromatic rings. The van der Waals surface area contributed by atoms with Crippen LogP contribution in [-0.2, 0) is 11.0 Å². The van der Waals surface area contributed by atoms with Crippen LogP contribution in [0, 0.1) is 0 Å². The number of halogens is 6. The van der Waals surface area contributed by atoms with Crippen LogP contribution in [0.3, 0.4) is 0 Å². The highest BCUT2D eigenvalue weighted by Gasteiger charge is 2.36. The summed E-state index contributed by atoms with van der Waals surface area (Å²) >= 11 is 18.5. The molecule has 0 bridgehead atoms. The van der Waals surface area contributed by atoms with Gasteiger partial charge in [-0.25, -0.2) is 0 Å². The van der Waals surface area contributed by atoms with E-state index in [0.29, 0.717) is 36.2 Å². The van der Waals surface area contributed by atoms with Gasteiger partial charge >= 0.3 is 6.18 Å². The van der Waals surface area contributed by atoms with Gasteiger partial charge in [0.05, 0.1) is 26.4 Å². The predicted octanol–water partition coefficient (Wildman–Crippen LogP) is 5.58. The first kappa shape index (κ1) is 24.5. The molecular formula is C22H18Cl3F3N4O2. The lowest BCUT2D eigenvalue weighted by Crippen LogP contribution is -2.50. The number of carbonyl (C=O) groups excluding carboxylic acids is 1. The third-order valence-corrected chi connectivity index (χ3v) is 6.42. The van der Waals surface area contributed by atoms with Crippen molar-refractivity contribution in [2.45, 2.75) is 6.18 Å². The molecule has 2 aromatic carbocycles. The van der Waals surface area contributed by atoms with Crippen molar-refractivity contribution in [3.8, 4) is 11.6 Å². The average Bonchev–Trinajstić information content (AvgIpc) is 3.24. The van der Waals surface area contributed by atoms with Gasteiger partial charge in [-0.05, 0) is 24.3 Å². The Morgan fingerprint density at radius 1 is 0.941 bits per heavy atom. The SMILES string of the molecule is O=C(COc1cc(C(F)(F)F)nn1-c1ccccc1Cl)N1CCN(c2cccc(Cl)c2Cl)CC1. The molecule has 0 saturated carbocycles. The quantitative estimate of drug-likeness (QED) is 0.430. The van der Waals surface area contributed by atoms with Gasteiger partial charge in [0.15, 0.2) is 12.3 Å². The molecule has 0 spiro atoms. The van der Waals surface area contributed by atoms with Crippen molar-refractivity contribution in [1.82, 2.24) is 14.7 Å². The second-order valence-electron chi connectivity index (χ2n) is 7.46. The highest BCUT2D eigenvalue weighted by atomic mass is 35.5. The van der Waals surface area contributed by atoms with Crippen LogP contribution in [-0.4, -0.2) is 53.4 Å². The van der Waals surface area contributed by atoms with Crippen LogP contribution in [0.5, 0.6) is 5.88 Å². The zero-order chi connectivity index (χ0) is 24.5. The van der Waals surface area contributed by atoms with E-state index in [2.05, 4.69) is 5.10 Å². The van der Waals surface area contributed by atoms with Crippen LogP contribution in [0.4, 0.5) is 18.9 Å². The Morgan fingerprint density at radius 2 is 1.59 bits per heavy atom. The van der Waals surface area contributed by atoms with Gasteiger partial charge in [0.1, 0.15) is 0 Å². The summed E-state index contributed by atoms with van der Waals surface area (Å²) < 4.78 is 46.2. The topological polar surface area (TPSA) is 50.6 Å². The first-order valence-electron chi connectivity index (χ1n) is 10.2. The summed E-state index contributed by atoms with van der Waals surface area (Å²) in [6.45, 7) is 1.36. The minimum absolute atomic E-state index is 0.186. The molecule has 2 heterocycles. The maximum absolute atomic E-state index is 13.3. The normalized spacial score (nSPS) is 14.4. The molecule has 1 aliphatic rings. The molecule has 0 radical (unpaired) electrons. The highest BCUT2D eigenvalue weighted by Crippen LogP contribution is 2.34. The highest BCUT2D eigenvalue weighted by molar-refractivity contribution is 6.43. The Hall–Kier alpha value is -2.62. The molecule has 6 nitrogen and oxygen atoms in total. The number of carbonyl (C=O) groups is 1. The second-order valence-corrected chi connectivity index (χ2v) is 8.65. The van der Waals surface area contributed by atoms with E-state index >= 15 is 0 Å². The van der Waals surface area contributed by atoms with E-state index in [4.69, 9.17) is 39.5 Å². The lowest BCUT2D eigenvalue weighted by atomic mass is 10.2. The van der Waals surface area contributed by atoms with E-state index in [-0.39, 0.29) is 22.5 Å². The van der Waals surface area contributed by atoms with Crippen molar-refractivity contribution in [1.29, 1.82) is 0 Å². The van der Waals surface area contributed by atoms with Crippen molar-refractivity contribution in [3.63, 3.8) is 0 Å². The number of hydrogen-bond donors (Lipinski definition) is 0. The van der Waals surface area contributed by atoms with Gasteiger partial charge in [0.25, 0.3) is 5.91 Å². The number of rotatable bonds is 5. The first-order valence-corrected chi connectivity index (χ1v) is 11.3. The molecule has 1 aliphatic heterocycles. The third kappa shape index (κ3) is 5.21. The third-order valence-electron chi connectivity index (χ3n) is 5.30. The van der Waals surface area contributed by atoms with Gasteiger partial charge in [-0.2, -0.15) is 23.0 Å². The summed E-state index contributed by atoms with van der Waals surface area (Å²) in [5, 5.41) is 4.66.